The molecule has 1 aromatic heterocycles. The third kappa shape index (κ3) is 2.01. The molecule has 0 fully saturated rings. The summed E-state index contributed by atoms with van der Waals surface area (Å²) < 4.78 is 8.09. The molecule has 2 heterocycles. The molecule has 18 heavy (non-hydrogen) atoms. The number of rotatable bonds is 5. The van der Waals surface area contributed by atoms with Gasteiger partial charge in [0.05, 0.1) is 17.6 Å². The van der Waals surface area contributed by atoms with Crippen molar-refractivity contribution in [3.8, 4) is 6.01 Å². The van der Waals surface area contributed by atoms with Crippen LogP contribution in [0.25, 0.3) is 11.0 Å². The second-order valence-corrected chi connectivity index (χ2v) is 4.81. The van der Waals surface area contributed by atoms with Crippen LogP contribution >= 0.6 is 0 Å². The number of benzene rings is 1. The zero-order valence-corrected chi connectivity index (χ0v) is 10.5. The summed E-state index contributed by atoms with van der Waals surface area (Å²) in [7, 11) is 0. The van der Waals surface area contributed by atoms with Gasteiger partial charge in [0.2, 0.25) is 0 Å². The van der Waals surface area contributed by atoms with Crippen molar-refractivity contribution in [2.75, 3.05) is 0 Å². The molecule has 3 heteroatoms. The highest BCUT2D eigenvalue weighted by atomic mass is 16.5. The maximum atomic E-state index is 5.90. The van der Waals surface area contributed by atoms with E-state index in [-0.39, 0.29) is 0 Å². The molecule has 0 aliphatic carbocycles. The maximum Gasteiger partial charge on any atom is 0.297 e. The third-order valence-electron chi connectivity index (χ3n) is 3.46. The lowest BCUT2D eigenvalue weighted by Gasteiger charge is -2.08. The molecular formula is C15H18N2O. The van der Waals surface area contributed by atoms with Crippen LogP contribution in [0.3, 0.4) is 0 Å². The maximum absolute atomic E-state index is 5.90. The van der Waals surface area contributed by atoms with Crippen molar-refractivity contribution in [3.63, 3.8) is 0 Å². The normalized spacial score (nSPS) is 17.7. The van der Waals surface area contributed by atoms with Crippen LogP contribution in [0.2, 0.25) is 0 Å². The van der Waals surface area contributed by atoms with Crippen LogP contribution in [-0.2, 0) is 6.54 Å². The van der Waals surface area contributed by atoms with Crippen LogP contribution in [0.5, 0.6) is 6.01 Å². The number of unbranched alkanes of at least 4 members (excludes halogenated alkanes) is 2. The van der Waals surface area contributed by atoms with Gasteiger partial charge in [0, 0.05) is 0 Å². The van der Waals surface area contributed by atoms with Gasteiger partial charge in [0.15, 0.2) is 0 Å². The highest BCUT2D eigenvalue weighted by molar-refractivity contribution is 5.76. The summed E-state index contributed by atoms with van der Waals surface area (Å²) in [6.07, 6.45) is 6.87. The molecule has 0 bridgehead atoms. The molecule has 1 aromatic carbocycles. The van der Waals surface area contributed by atoms with E-state index in [4.69, 9.17) is 4.74 Å². The zero-order valence-electron chi connectivity index (χ0n) is 10.5. The fourth-order valence-electron chi connectivity index (χ4n) is 2.52. The molecule has 0 unspecified atom stereocenters. The number of hydrogen-bond donors (Lipinski definition) is 0. The van der Waals surface area contributed by atoms with E-state index in [1.165, 1.54) is 18.4 Å². The molecule has 0 N–H and O–H groups in total. The first-order chi connectivity index (χ1) is 8.88. The molecule has 1 atom stereocenters. The van der Waals surface area contributed by atoms with Crippen molar-refractivity contribution in [1.82, 2.24) is 9.55 Å². The average Bonchev–Trinajstić information content (AvgIpc) is 2.91. The van der Waals surface area contributed by atoms with Gasteiger partial charge >= 0.3 is 0 Å². The van der Waals surface area contributed by atoms with Gasteiger partial charge in [-0.1, -0.05) is 18.2 Å². The number of para-hydroxylation sites is 2. The molecule has 0 spiro atoms. The van der Waals surface area contributed by atoms with Crippen molar-refractivity contribution in [2.45, 2.75) is 38.3 Å². The van der Waals surface area contributed by atoms with Crippen LogP contribution < -0.4 is 4.74 Å². The van der Waals surface area contributed by atoms with E-state index in [1.807, 2.05) is 18.2 Å². The minimum absolute atomic E-state index is 0.293. The highest BCUT2D eigenvalue weighted by Gasteiger charge is 2.25. The Balaban J connectivity index is 1.66. The van der Waals surface area contributed by atoms with Crippen molar-refractivity contribution < 1.29 is 4.74 Å². The lowest BCUT2D eigenvalue weighted by molar-refractivity contribution is 0.210. The predicted molar refractivity (Wildman–Crippen MR) is 72.8 cm³/mol. The third-order valence-corrected chi connectivity index (χ3v) is 3.46. The van der Waals surface area contributed by atoms with E-state index in [9.17, 15) is 0 Å². The Morgan fingerprint density at radius 3 is 3.17 bits per heavy atom. The monoisotopic (exact) mass is 242 g/mol. The van der Waals surface area contributed by atoms with Crippen molar-refractivity contribution >= 4 is 11.0 Å². The first-order valence-corrected chi connectivity index (χ1v) is 6.61. The van der Waals surface area contributed by atoms with E-state index in [0.29, 0.717) is 6.10 Å². The molecule has 3 nitrogen and oxygen atoms in total. The molecule has 0 radical (unpaired) electrons. The van der Waals surface area contributed by atoms with E-state index >= 15 is 0 Å². The van der Waals surface area contributed by atoms with Crippen molar-refractivity contribution in [2.24, 2.45) is 0 Å². The Labute approximate surface area is 107 Å². The summed E-state index contributed by atoms with van der Waals surface area (Å²) in [5.41, 5.74) is 2.21. The van der Waals surface area contributed by atoms with E-state index in [0.717, 1.165) is 30.9 Å². The van der Waals surface area contributed by atoms with Gasteiger partial charge < -0.3 is 4.74 Å². The number of aromatic nitrogens is 2. The Kier molecular flexibility index (Phi) is 3.05. The van der Waals surface area contributed by atoms with Gasteiger partial charge in [-0.05, 0) is 37.8 Å². The lowest BCUT2D eigenvalue weighted by atomic mass is 10.1. The van der Waals surface area contributed by atoms with Gasteiger partial charge in [0.1, 0.15) is 6.10 Å². The number of nitrogens with zero attached hydrogens (tertiary/aromatic N) is 2. The van der Waals surface area contributed by atoms with Gasteiger partial charge in [-0.2, -0.15) is 4.98 Å². The first-order valence-electron chi connectivity index (χ1n) is 6.61. The molecule has 3 rings (SSSR count). The summed E-state index contributed by atoms with van der Waals surface area (Å²) in [4.78, 5) is 4.51. The molecule has 1 aliphatic heterocycles. The molecule has 1 aliphatic rings. The fourth-order valence-corrected chi connectivity index (χ4v) is 2.52. The Hall–Kier alpha value is -1.77. The SMILES string of the molecule is C=CCCCC[C@@H]1Cn2c(nc3ccccc32)O1. The zero-order chi connectivity index (χ0) is 12.4. The molecule has 0 saturated heterocycles. The van der Waals surface area contributed by atoms with E-state index < -0.39 is 0 Å². The number of ether oxygens (including phenoxy) is 1. The first kappa shape index (κ1) is 11.3. The predicted octanol–water partition coefficient (Wildman–Crippen LogP) is 3.54. The molecular weight excluding hydrogens is 224 g/mol. The summed E-state index contributed by atoms with van der Waals surface area (Å²) in [5, 5.41) is 0. The Morgan fingerprint density at radius 2 is 2.28 bits per heavy atom. The topological polar surface area (TPSA) is 27.1 Å². The second-order valence-electron chi connectivity index (χ2n) is 4.81. The summed E-state index contributed by atoms with van der Waals surface area (Å²) in [6, 6.07) is 8.98. The molecule has 0 amide bonds. The smallest absolute Gasteiger partial charge is 0.297 e. The Morgan fingerprint density at radius 1 is 1.39 bits per heavy atom. The van der Waals surface area contributed by atoms with Crippen LogP contribution in [-0.4, -0.2) is 15.7 Å². The summed E-state index contributed by atoms with van der Waals surface area (Å²) in [6.45, 7) is 4.68. The van der Waals surface area contributed by atoms with Crippen LogP contribution in [0.1, 0.15) is 25.7 Å². The molecule has 94 valence electrons. The highest BCUT2D eigenvalue weighted by Crippen LogP contribution is 2.29. The summed E-state index contributed by atoms with van der Waals surface area (Å²) in [5.74, 6) is 0. The van der Waals surface area contributed by atoms with Gasteiger partial charge in [-0.3, -0.25) is 4.57 Å². The quantitative estimate of drug-likeness (QED) is 0.592. The average molecular weight is 242 g/mol. The van der Waals surface area contributed by atoms with Crippen LogP contribution in [0, 0.1) is 0 Å². The molecule has 0 saturated carbocycles. The van der Waals surface area contributed by atoms with Gasteiger partial charge in [-0.15, -0.1) is 6.58 Å². The van der Waals surface area contributed by atoms with Crippen molar-refractivity contribution in [3.05, 3.63) is 36.9 Å². The van der Waals surface area contributed by atoms with E-state index in [1.54, 1.807) is 0 Å². The number of imidazole rings is 1. The number of allylic oxidation sites excluding steroid dienone is 1. The fraction of sp³-hybridized carbons (Fsp3) is 0.400. The largest absolute Gasteiger partial charge is 0.459 e. The summed E-state index contributed by atoms with van der Waals surface area (Å²) >= 11 is 0. The number of fused-ring (bicyclic) bond motifs is 3. The van der Waals surface area contributed by atoms with Gasteiger partial charge in [-0.25, -0.2) is 0 Å². The molecule has 2 aromatic rings. The van der Waals surface area contributed by atoms with Gasteiger partial charge in [0.25, 0.3) is 6.01 Å². The van der Waals surface area contributed by atoms with Crippen molar-refractivity contribution in [1.29, 1.82) is 0 Å². The van der Waals surface area contributed by atoms with Crippen LogP contribution in [0.4, 0.5) is 0 Å². The van der Waals surface area contributed by atoms with Crippen LogP contribution in [0.15, 0.2) is 36.9 Å². The second kappa shape index (κ2) is 4.84. The lowest BCUT2D eigenvalue weighted by Crippen LogP contribution is -2.14. The minimum atomic E-state index is 0.293. The van der Waals surface area contributed by atoms with E-state index in [2.05, 4.69) is 28.3 Å². The standard InChI is InChI=1S/C15H18N2O/c1-2-3-4-5-8-12-11-17-14-10-7-6-9-13(14)16-15(17)18-12/h2,6-7,9-10,12H,1,3-5,8,11H2/t12-/m1/s1. The number of hydrogen-bond acceptors (Lipinski definition) is 2. The minimum Gasteiger partial charge on any atom is -0.459 e. The Bertz CT molecular complexity index is 559.